The maximum Gasteiger partial charge on any atom is 0.291 e. The van der Waals surface area contributed by atoms with E-state index in [1.807, 2.05) is 42.8 Å². The highest BCUT2D eigenvalue weighted by Gasteiger charge is 2.15. The third-order valence-corrected chi connectivity index (χ3v) is 4.45. The number of rotatable bonds is 6. The smallest absolute Gasteiger partial charge is 0.291 e. The van der Waals surface area contributed by atoms with Crippen LogP contribution in [0.1, 0.15) is 46.5 Å². The Morgan fingerprint density at radius 3 is 2.52 bits per heavy atom. The van der Waals surface area contributed by atoms with Gasteiger partial charge in [-0.05, 0) is 65.7 Å². The predicted molar refractivity (Wildman–Crippen MR) is 107 cm³/mol. The Kier molecular flexibility index (Phi) is 5.81. The van der Waals surface area contributed by atoms with E-state index in [1.165, 1.54) is 6.26 Å². The number of carbonyl (C=O) groups excluding carboxylic acids is 2. The summed E-state index contributed by atoms with van der Waals surface area (Å²) in [5.41, 5.74) is 2.20. The minimum absolute atomic E-state index is 0.135. The van der Waals surface area contributed by atoms with Gasteiger partial charge in [0.25, 0.3) is 11.8 Å². The van der Waals surface area contributed by atoms with Crippen molar-refractivity contribution in [2.24, 2.45) is 0 Å². The van der Waals surface area contributed by atoms with E-state index >= 15 is 0 Å². The second kappa shape index (κ2) is 8.26. The van der Waals surface area contributed by atoms with Gasteiger partial charge in [-0.2, -0.15) is 0 Å². The lowest BCUT2D eigenvalue weighted by molar-refractivity contribution is 0.0939. The zero-order valence-electron chi connectivity index (χ0n) is 15.0. The first-order chi connectivity index (χ1) is 12.9. The zero-order valence-corrected chi connectivity index (χ0v) is 16.6. The zero-order chi connectivity index (χ0) is 19.4. The van der Waals surface area contributed by atoms with Gasteiger partial charge in [-0.25, -0.2) is 0 Å². The van der Waals surface area contributed by atoms with Crippen LogP contribution in [0.4, 0.5) is 5.69 Å². The van der Waals surface area contributed by atoms with Crippen molar-refractivity contribution in [1.82, 2.24) is 9.88 Å². The van der Waals surface area contributed by atoms with E-state index in [1.54, 1.807) is 24.3 Å². The van der Waals surface area contributed by atoms with Gasteiger partial charge in [0.15, 0.2) is 5.76 Å². The molecule has 0 unspecified atom stereocenters. The molecule has 0 saturated carbocycles. The van der Waals surface area contributed by atoms with E-state index in [0.717, 1.165) is 10.0 Å². The van der Waals surface area contributed by atoms with Crippen molar-refractivity contribution in [1.29, 1.82) is 0 Å². The van der Waals surface area contributed by atoms with Crippen molar-refractivity contribution in [3.05, 3.63) is 76.4 Å². The van der Waals surface area contributed by atoms with E-state index in [2.05, 4.69) is 26.6 Å². The van der Waals surface area contributed by atoms with Crippen LogP contribution in [0.25, 0.3) is 0 Å². The van der Waals surface area contributed by atoms with Gasteiger partial charge in [0, 0.05) is 28.9 Å². The minimum atomic E-state index is -0.305. The van der Waals surface area contributed by atoms with E-state index < -0.39 is 0 Å². The van der Waals surface area contributed by atoms with Crippen LogP contribution in [-0.4, -0.2) is 16.4 Å². The third kappa shape index (κ3) is 4.68. The summed E-state index contributed by atoms with van der Waals surface area (Å²) in [5, 5.41) is 5.68. The van der Waals surface area contributed by atoms with Crippen LogP contribution in [0.5, 0.6) is 0 Å². The Hall–Kier alpha value is -2.80. The van der Waals surface area contributed by atoms with Gasteiger partial charge in [-0.3, -0.25) is 9.59 Å². The van der Waals surface area contributed by atoms with Crippen molar-refractivity contribution in [2.75, 3.05) is 5.32 Å². The van der Waals surface area contributed by atoms with Gasteiger partial charge in [0.05, 0.1) is 6.26 Å². The Bertz CT molecular complexity index is 928. The number of hydrogen-bond acceptors (Lipinski definition) is 3. The SMILES string of the molecule is CC(C)n1cc(Br)cc1C(=O)NCc1ccc(NC(=O)c2ccco2)cc1. The molecule has 0 spiro atoms. The lowest BCUT2D eigenvalue weighted by atomic mass is 10.2. The van der Waals surface area contributed by atoms with Crippen LogP contribution >= 0.6 is 15.9 Å². The summed E-state index contributed by atoms with van der Waals surface area (Å²) < 4.78 is 7.86. The van der Waals surface area contributed by atoms with Gasteiger partial charge in [-0.15, -0.1) is 0 Å². The highest BCUT2D eigenvalue weighted by Crippen LogP contribution is 2.19. The monoisotopic (exact) mass is 429 g/mol. The molecule has 0 aliphatic heterocycles. The summed E-state index contributed by atoms with van der Waals surface area (Å²) >= 11 is 3.42. The molecule has 6 nitrogen and oxygen atoms in total. The summed E-state index contributed by atoms with van der Waals surface area (Å²) in [6.45, 7) is 4.45. The number of benzene rings is 1. The molecule has 2 aromatic heterocycles. The number of hydrogen-bond donors (Lipinski definition) is 2. The molecule has 0 bridgehead atoms. The second-order valence-electron chi connectivity index (χ2n) is 6.36. The van der Waals surface area contributed by atoms with Crippen LogP contribution in [-0.2, 0) is 6.54 Å². The lowest BCUT2D eigenvalue weighted by Crippen LogP contribution is -2.25. The molecule has 7 heteroatoms. The number of anilines is 1. The van der Waals surface area contributed by atoms with Crippen LogP contribution < -0.4 is 10.6 Å². The maximum atomic E-state index is 12.5. The molecule has 0 aliphatic carbocycles. The molecular formula is C20H20BrN3O3. The van der Waals surface area contributed by atoms with Gasteiger partial charge in [0.1, 0.15) is 5.69 Å². The van der Waals surface area contributed by atoms with E-state index in [9.17, 15) is 9.59 Å². The number of nitrogens with one attached hydrogen (secondary N) is 2. The van der Waals surface area contributed by atoms with E-state index in [4.69, 9.17) is 4.42 Å². The van der Waals surface area contributed by atoms with Gasteiger partial charge >= 0.3 is 0 Å². The number of furan rings is 1. The summed E-state index contributed by atoms with van der Waals surface area (Å²) in [6.07, 6.45) is 3.35. The maximum absolute atomic E-state index is 12.5. The number of amides is 2. The average molecular weight is 430 g/mol. The fourth-order valence-corrected chi connectivity index (χ4v) is 3.07. The molecule has 3 rings (SSSR count). The summed E-state index contributed by atoms with van der Waals surface area (Å²) in [7, 11) is 0. The molecule has 2 heterocycles. The molecule has 3 aromatic rings. The first-order valence-electron chi connectivity index (χ1n) is 8.53. The van der Waals surface area contributed by atoms with Crippen molar-refractivity contribution in [3.63, 3.8) is 0 Å². The van der Waals surface area contributed by atoms with Crippen molar-refractivity contribution >= 4 is 33.4 Å². The molecule has 27 heavy (non-hydrogen) atoms. The largest absolute Gasteiger partial charge is 0.459 e. The fraction of sp³-hybridized carbons (Fsp3) is 0.200. The van der Waals surface area contributed by atoms with Crippen LogP contribution in [0.2, 0.25) is 0 Å². The van der Waals surface area contributed by atoms with E-state index in [0.29, 0.717) is 17.9 Å². The topological polar surface area (TPSA) is 76.3 Å². The Morgan fingerprint density at radius 2 is 1.89 bits per heavy atom. The molecule has 2 N–H and O–H groups in total. The van der Waals surface area contributed by atoms with Crippen molar-refractivity contribution < 1.29 is 14.0 Å². The highest BCUT2D eigenvalue weighted by molar-refractivity contribution is 9.10. The Morgan fingerprint density at radius 1 is 1.15 bits per heavy atom. The van der Waals surface area contributed by atoms with Crippen LogP contribution in [0.3, 0.4) is 0 Å². The molecule has 0 atom stereocenters. The number of halogens is 1. The Labute approximate surface area is 165 Å². The predicted octanol–water partition coefficient (Wildman–Crippen LogP) is 4.61. The molecule has 2 amide bonds. The van der Waals surface area contributed by atoms with Gasteiger partial charge in [0.2, 0.25) is 0 Å². The number of aromatic nitrogens is 1. The average Bonchev–Trinajstić information content (AvgIpc) is 3.30. The second-order valence-corrected chi connectivity index (χ2v) is 7.27. The first-order valence-corrected chi connectivity index (χ1v) is 9.32. The third-order valence-electron chi connectivity index (χ3n) is 4.01. The standard InChI is InChI=1S/C20H20BrN3O3/c1-13(2)24-12-15(21)10-17(24)19(25)22-11-14-5-7-16(8-6-14)23-20(26)18-4-3-9-27-18/h3-10,12-13H,11H2,1-2H3,(H,22,25)(H,23,26). The van der Waals surface area contributed by atoms with Crippen molar-refractivity contribution in [2.45, 2.75) is 26.4 Å². The number of carbonyl (C=O) groups is 2. The van der Waals surface area contributed by atoms with Crippen LogP contribution in [0.15, 0.2) is 63.8 Å². The highest BCUT2D eigenvalue weighted by atomic mass is 79.9. The summed E-state index contributed by atoms with van der Waals surface area (Å²) in [6, 6.07) is 12.5. The van der Waals surface area contributed by atoms with E-state index in [-0.39, 0.29) is 23.6 Å². The van der Waals surface area contributed by atoms with Crippen LogP contribution in [0, 0.1) is 0 Å². The summed E-state index contributed by atoms with van der Waals surface area (Å²) in [4.78, 5) is 24.4. The fourth-order valence-electron chi connectivity index (χ4n) is 2.63. The van der Waals surface area contributed by atoms with Gasteiger partial charge < -0.3 is 19.6 Å². The molecular weight excluding hydrogens is 410 g/mol. The molecule has 0 radical (unpaired) electrons. The normalized spacial score (nSPS) is 10.8. The van der Waals surface area contributed by atoms with Gasteiger partial charge in [-0.1, -0.05) is 12.1 Å². The Balaban J connectivity index is 1.59. The minimum Gasteiger partial charge on any atom is -0.459 e. The quantitative estimate of drug-likeness (QED) is 0.600. The molecule has 0 aliphatic rings. The molecule has 1 aromatic carbocycles. The lowest BCUT2D eigenvalue weighted by Gasteiger charge is -2.13. The van der Waals surface area contributed by atoms with Crippen molar-refractivity contribution in [3.8, 4) is 0 Å². The molecule has 140 valence electrons. The number of nitrogens with zero attached hydrogens (tertiary/aromatic N) is 1. The summed E-state index contributed by atoms with van der Waals surface area (Å²) in [5.74, 6) is -0.184. The first kappa shape index (κ1) is 19.0. The molecule has 0 saturated heterocycles. The molecule has 0 fully saturated rings.